The molecule has 4 nitrogen and oxygen atoms in total. The molecule has 1 aromatic rings. The lowest BCUT2D eigenvalue weighted by Gasteiger charge is -2.21. The van der Waals surface area contributed by atoms with E-state index in [0.717, 1.165) is 37.8 Å². The Bertz CT molecular complexity index is 652. The summed E-state index contributed by atoms with van der Waals surface area (Å²) in [5, 5.41) is 0. The van der Waals surface area contributed by atoms with E-state index in [-0.39, 0.29) is 16.0 Å². The number of nitrogens with zero attached hydrogens (tertiary/aromatic N) is 1. The zero-order valence-corrected chi connectivity index (χ0v) is 13.3. The molecule has 0 bridgehead atoms. The molecule has 1 aliphatic rings. The Balaban J connectivity index is 2.42. The minimum Gasteiger partial charge on any atom is -0.339 e. The molecule has 1 aliphatic heterocycles. The molecule has 0 unspecified atom stereocenters. The second kappa shape index (κ2) is 6.32. The van der Waals surface area contributed by atoms with Crippen LogP contribution < -0.4 is 0 Å². The summed E-state index contributed by atoms with van der Waals surface area (Å²) in [5.41, 5.74) is -0.133. The monoisotopic (exact) mass is 333 g/mol. The van der Waals surface area contributed by atoms with Gasteiger partial charge in [0.25, 0.3) is 15.0 Å². The maximum atomic E-state index is 14.2. The molecule has 0 aliphatic carbocycles. The van der Waals surface area contributed by atoms with Gasteiger partial charge in [-0.3, -0.25) is 4.79 Å². The summed E-state index contributed by atoms with van der Waals surface area (Å²) in [6, 6.07) is 2.16. The van der Waals surface area contributed by atoms with Crippen LogP contribution in [0.25, 0.3) is 0 Å². The summed E-state index contributed by atoms with van der Waals surface area (Å²) in [6.45, 7) is 2.55. The van der Waals surface area contributed by atoms with Crippen LogP contribution in [0.4, 0.5) is 4.39 Å². The number of amides is 1. The normalized spacial score (nSPS) is 16.6. The first-order chi connectivity index (χ1) is 9.80. The zero-order valence-electron chi connectivity index (χ0n) is 11.7. The molecule has 2 rings (SSSR count). The quantitative estimate of drug-likeness (QED) is 0.781. The van der Waals surface area contributed by atoms with Gasteiger partial charge in [0.15, 0.2) is 0 Å². The van der Waals surface area contributed by atoms with Gasteiger partial charge in [0, 0.05) is 23.8 Å². The number of rotatable bonds is 2. The van der Waals surface area contributed by atoms with Crippen molar-refractivity contribution in [2.75, 3.05) is 13.1 Å². The van der Waals surface area contributed by atoms with Gasteiger partial charge in [-0.1, -0.05) is 12.8 Å². The zero-order chi connectivity index (χ0) is 15.6. The molecule has 1 amide bonds. The van der Waals surface area contributed by atoms with E-state index in [2.05, 4.69) is 0 Å². The van der Waals surface area contributed by atoms with E-state index in [9.17, 15) is 17.6 Å². The Morgan fingerprint density at radius 1 is 1.19 bits per heavy atom. The third kappa shape index (κ3) is 3.74. The van der Waals surface area contributed by atoms with Crippen molar-refractivity contribution in [2.45, 2.75) is 37.5 Å². The molecule has 1 heterocycles. The van der Waals surface area contributed by atoms with Gasteiger partial charge in [0.1, 0.15) is 5.82 Å². The third-order valence-electron chi connectivity index (χ3n) is 3.63. The topological polar surface area (TPSA) is 54.5 Å². The van der Waals surface area contributed by atoms with Gasteiger partial charge in [0.05, 0.1) is 10.5 Å². The van der Waals surface area contributed by atoms with E-state index in [1.54, 1.807) is 4.90 Å². The summed E-state index contributed by atoms with van der Waals surface area (Å²) in [4.78, 5) is 13.8. The highest BCUT2D eigenvalue weighted by molar-refractivity contribution is 8.13. The van der Waals surface area contributed by atoms with Crippen LogP contribution in [-0.2, 0) is 9.05 Å². The van der Waals surface area contributed by atoms with Gasteiger partial charge < -0.3 is 4.90 Å². The van der Waals surface area contributed by atoms with E-state index >= 15 is 0 Å². The van der Waals surface area contributed by atoms with Crippen LogP contribution in [0.15, 0.2) is 17.0 Å². The van der Waals surface area contributed by atoms with E-state index in [1.165, 1.54) is 6.92 Å². The minimum atomic E-state index is -4.00. The number of likely N-dealkylation sites (tertiary alicyclic amines) is 1. The van der Waals surface area contributed by atoms with Crippen molar-refractivity contribution in [2.24, 2.45) is 0 Å². The Hall–Kier alpha value is -1.14. The Morgan fingerprint density at radius 3 is 2.29 bits per heavy atom. The highest BCUT2D eigenvalue weighted by Crippen LogP contribution is 2.24. The van der Waals surface area contributed by atoms with Gasteiger partial charge in [-0.2, -0.15) is 0 Å². The first-order valence-corrected chi connectivity index (χ1v) is 9.15. The van der Waals surface area contributed by atoms with Crippen molar-refractivity contribution in [1.29, 1.82) is 0 Å². The molecule has 1 aromatic carbocycles. The number of hydrogen-bond acceptors (Lipinski definition) is 3. The van der Waals surface area contributed by atoms with Gasteiger partial charge in [-0.25, -0.2) is 12.8 Å². The van der Waals surface area contributed by atoms with E-state index in [1.807, 2.05) is 0 Å². The first-order valence-electron chi connectivity index (χ1n) is 6.85. The van der Waals surface area contributed by atoms with Gasteiger partial charge in [-0.15, -0.1) is 0 Å². The van der Waals surface area contributed by atoms with Crippen LogP contribution in [0, 0.1) is 12.7 Å². The van der Waals surface area contributed by atoms with Gasteiger partial charge >= 0.3 is 0 Å². The Labute approximate surface area is 128 Å². The maximum absolute atomic E-state index is 14.2. The minimum absolute atomic E-state index is 0.0925. The standard InChI is InChI=1S/C14H17ClFNO3S/c1-10-8-11(21(15,19)20)9-12(13(10)16)14(18)17-6-4-2-3-5-7-17/h8-9H,2-7H2,1H3. The summed E-state index contributed by atoms with van der Waals surface area (Å²) in [7, 11) is 1.30. The predicted molar refractivity (Wildman–Crippen MR) is 78.5 cm³/mol. The number of carbonyl (C=O) groups excluding carboxylic acids is 1. The fourth-order valence-corrected chi connectivity index (χ4v) is 3.32. The highest BCUT2D eigenvalue weighted by Gasteiger charge is 2.24. The van der Waals surface area contributed by atoms with Crippen molar-refractivity contribution in [3.05, 3.63) is 29.1 Å². The first kappa shape index (κ1) is 16.2. The molecule has 0 radical (unpaired) electrons. The van der Waals surface area contributed by atoms with Crippen molar-refractivity contribution in [1.82, 2.24) is 4.90 Å². The molecule has 1 saturated heterocycles. The molecule has 0 N–H and O–H groups in total. The van der Waals surface area contributed by atoms with Crippen molar-refractivity contribution >= 4 is 25.6 Å². The van der Waals surface area contributed by atoms with Gasteiger partial charge in [0.2, 0.25) is 0 Å². The molecule has 0 saturated carbocycles. The third-order valence-corrected chi connectivity index (χ3v) is 4.97. The number of benzene rings is 1. The number of carbonyl (C=O) groups is 1. The predicted octanol–water partition coefficient (Wildman–Crippen LogP) is 3.08. The molecule has 1 fully saturated rings. The SMILES string of the molecule is Cc1cc(S(=O)(=O)Cl)cc(C(=O)N2CCCCCC2)c1F. The summed E-state index contributed by atoms with van der Waals surface area (Å²) >= 11 is 0. The molecule has 7 heteroatoms. The summed E-state index contributed by atoms with van der Waals surface area (Å²) in [5.74, 6) is -1.16. The van der Waals surface area contributed by atoms with Crippen LogP contribution >= 0.6 is 10.7 Å². The molecule has 0 aromatic heterocycles. The van der Waals surface area contributed by atoms with Crippen molar-refractivity contribution in [3.63, 3.8) is 0 Å². The van der Waals surface area contributed by atoms with Gasteiger partial charge in [-0.05, 0) is 37.5 Å². The largest absolute Gasteiger partial charge is 0.339 e. The molecular formula is C14H17ClFNO3S. The van der Waals surface area contributed by atoms with E-state index in [4.69, 9.17) is 10.7 Å². The van der Waals surface area contributed by atoms with Crippen LogP contribution in [0.2, 0.25) is 0 Å². The number of hydrogen-bond donors (Lipinski definition) is 0. The maximum Gasteiger partial charge on any atom is 0.261 e. The van der Waals surface area contributed by atoms with Crippen LogP contribution in [0.1, 0.15) is 41.6 Å². The lowest BCUT2D eigenvalue weighted by molar-refractivity contribution is 0.0756. The lowest BCUT2D eigenvalue weighted by Crippen LogP contribution is -2.32. The second-order valence-electron chi connectivity index (χ2n) is 5.25. The molecule has 0 spiro atoms. The molecule has 0 atom stereocenters. The average molecular weight is 334 g/mol. The molecule has 21 heavy (non-hydrogen) atoms. The molecule has 116 valence electrons. The van der Waals surface area contributed by atoms with Crippen LogP contribution in [0.3, 0.4) is 0 Å². The Morgan fingerprint density at radius 2 is 1.76 bits per heavy atom. The van der Waals surface area contributed by atoms with E-state index < -0.39 is 20.8 Å². The van der Waals surface area contributed by atoms with Crippen molar-refractivity contribution < 1.29 is 17.6 Å². The smallest absolute Gasteiger partial charge is 0.261 e. The lowest BCUT2D eigenvalue weighted by atomic mass is 10.1. The van der Waals surface area contributed by atoms with Crippen LogP contribution in [-0.4, -0.2) is 32.3 Å². The summed E-state index contributed by atoms with van der Waals surface area (Å²) < 4.78 is 37.0. The van der Waals surface area contributed by atoms with E-state index in [0.29, 0.717) is 13.1 Å². The Kier molecular flexibility index (Phi) is 4.88. The van der Waals surface area contributed by atoms with Crippen molar-refractivity contribution in [3.8, 4) is 0 Å². The fraction of sp³-hybridized carbons (Fsp3) is 0.500. The molecular weight excluding hydrogens is 317 g/mol. The highest BCUT2D eigenvalue weighted by atomic mass is 35.7. The summed E-state index contributed by atoms with van der Waals surface area (Å²) in [6.07, 6.45) is 3.84. The fourth-order valence-electron chi connectivity index (χ4n) is 2.48. The number of halogens is 2. The van der Waals surface area contributed by atoms with Crippen LogP contribution in [0.5, 0.6) is 0 Å². The second-order valence-corrected chi connectivity index (χ2v) is 7.81. The number of aryl methyl sites for hydroxylation is 1. The average Bonchev–Trinajstić information content (AvgIpc) is 2.68.